The lowest BCUT2D eigenvalue weighted by Gasteiger charge is -2.35. The van der Waals surface area contributed by atoms with Crippen molar-refractivity contribution >= 4 is 0 Å². The van der Waals surface area contributed by atoms with Gasteiger partial charge in [0.1, 0.15) is 29.8 Å². The maximum Gasteiger partial charge on any atom is 0.124 e. The third kappa shape index (κ3) is 5.78. The number of benzene rings is 3. The number of ether oxygens (including phenoxy) is 2. The summed E-state index contributed by atoms with van der Waals surface area (Å²) in [5, 5.41) is 10.9. The molecule has 0 aliphatic carbocycles. The largest absolute Gasteiger partial charge is 0.489 e. The van der Waals surface area contributed by atoms with E-state index in [1.807, 2.05) is 39.0 Å². The maximum atomic E-state index is 10.9. The Hall–Kier alpha value is -2.78. The van der Waals surface area contributed by atoms with Gasteiger partial charge in [0, 0.05) is 5.41 Å². The summed E-state index contributed by atoms with van der Waals surface area (Å²) in [6.45, 7) is 15.3. The molecule has 0 aliphatic rings. The molecule has 0 fully saturated rings. The minimum atomic E-state index is -0.816. The standard InChI is InChI=1S/C33H44O3/c1-8-32(9-2,28-17-19-30(24(5)21-28)35-23-27-15-13-12-14-16-27)29-18-20-31(25(6)22-29)36-26(7)33(34,10-3)11-4/h12-22,26,34H,8-11,23H2,1-7H3. The summed E-state index contributed by atoms with van der Waals surface area (Å²) in [6, 6.07) is 23.5. The normalized spacial score (nSPS) is 12.9. The lowest BCUT2D eigenvalue weighted by Crippen LogP contribution is -2.43. The number of aliphatic hydroxyl groups is 1. The van der Waals surface area contributed by atoms with Crippen molar-refractivity contribution in [2.75, 3.05) is 0 Å². The molecule has 3 aromatic rings. The summed E-state index contributed by atoms with van der Waals surface area (Å²) in [6.07, 6.45) is 3.05. The molecule has 36 heavy (non-hydrogen) atoms. The highest BCUT2D eigenvalue weighted by atomic mass is 16.5. The van der Waals surface area contributed by atoms with Crippen molar-refractivity contribution in [2.24, 2.45) is 0 Å². The molecule has 3 aromatic carbocycles. The molecule has 0 aromatic heterocycles. The summed E-state index contributed by atoms with van der Waals surface area (Å²) < 4.78 is 12.4. The number of rotatable bonds is 12. The van der Waals surface area contributed by atoms with E-state index in [0.717, 1.165) is 35.5 Å². The second-order valence-corrected chi connectivity index (χ2v) is 10.1. The van der Waals surface area contributed by atoms with Gasteiger partial charge in [-0.25, -0.2) is 0 Å². The van der Waals surface area contributed by atoms with E-state index < -0.39 is 5.60 Å². The number of hydrogen-bond acceptors (Lipinski definition) is 3. The van der Waals surface area contributed by atoms with E-state index in [4.69, 9.17) is 9.47 Å². The summed E-state index contributed by atoms with van der Waals surface area (Å²) in [4.78, 5) is 0. The maximum absolute atomic E-state index is 10.9. The molecular weight excluding hydrogens is 444 g/mol. The van der Waals surface area contributed by atoms with Crippen molar-refractivity contribution in [2.45, 2.75) is 97.9 Å². The average Bonchev–Trinajstić information content (AvgIpc) is 2.90. The number of hydrogen-bond donors (Lipinski definition) is 1. The van der Waals surface area contributed by atoms with Gasteiger partial charge in [-0.1, -0.05) is 82.3 Å². The average molecular weight is 489 g/mol. The zero-order valence-corrected chi connectivity index (χ0v) is 23.2. The van der Waals surface area contributed by atoms with Crippen LogP contribution in [0.1, 0.15) is 88.1 Å². The molecule has 3 rings (SSSR count). The van der Waals surface area contributed by atoms with E-state index in [1.165, 1.54) is 16.7 Å². The van der Waals surface area contributed by atoms with Crippen molar-refractivity contribution in [3.05, 3.63) is 94.5 Å². The van der Waals surface area contributed by atoms with Crippen molar-refractivity contribution in [3.63, 3.8) is 0 Å². The fourth-order valence-electron chi connectivity index (χ4n) is 5.28. The first-order valence-electron chi connectivity index (χ1n) is 13.5. The van der Waals surface area contributed by atoms with Gasteiger partial charge in [0.25, 0.3) is 0 Å². The molecular formula is C33H44O3. The molecule has 0 aliphatic heterocycles. The summed E-state index contributed by atoms with van der Waals surface area (Å²) >= 11 is 0. The zero-order valence-electron chi connectivity index (χ0n) is 23.2. The van der Waals surface area contributed by atoms with Crippen LogP contribution in [0.15, 0.2) is 66.7 Å². The van der Waals surface area contributed by atoms with Crippen LogP contribution in [0.5, 0.6) is 11.5 Å². The van der Waals surface area contributed by atoms with E-state index in [1.54, 1.807) is 0 Å². The van der Waals surface area contributed by atoms with Gasteiger partial charge in [0.05, 0.1) is 0 Å². The summed E-state index contributed by atoms with van der Waals surface area (Å²) in [5.41, 5.74) is 5.11. The summed E-state index contributed by atoms with van der Waals surface area (Å²) in [5.74, 6) is 1.77. The Morgan fingerprint density at radius 1 is 0.722 bits per heavy atom. The van der Waals surface area contributed by atoms with Crippen LogP contribution in [-0.2, 0) is 12.0 Å². The molecule has 0 saturated heterocycles. The molecule has 3 nitrogen and oxygen atoms in total. The highest BCUT2D eigenvalue weighted by Gasteiger charge is 2.34. The first-order valence-corrected chi connectivity index (χ1v) is 13.5. The van der Waals surface area contributed by atoms with Crippen molar-refractivity contribution in [3.8, 4) is 11.5 Å². The van der Waals surface area contributed by atoms with Crippen LogP contribution in [0.2, 0.25) is 0 Å². The van der Waals surface area contributed by atoms with Crippen molar-refractivity contribution in [1.29, 1.82) is 0 Å². The van der Waals surface area contributed by atoms with Gasteiger partial charge in [0.15, 0.2) is 0 Å². The quantitative estimate of drug-likeness (QED) is 0.279. The van der Waals surface area contributed by atoms with E-state index in [9.17, 15) is 5.11 Å². The lowest BCUT2D eigenvalue weighted by molar-refractivity contribution is -0.0590. The van der Waals surface area contributed by atoms with Gasteiger partial charge < -0.3 is 14.6 Å². The van der Waals surface area contributed by atoms with Crippen LogP contribution in [0.3, 0.4) is 0 Å². The Kier molecular flexibility index (Phi) is 9.24. The van der Waals surface area contributed by atoms with Crippen LogP contribution in [-0.4, -0.2) is 16.8 Å². The van der Waals surface area contributed by atoms with E-state index in [2.05, 4.69) is 76.2 Å². The van der Waals surface area contributed by atoms with Crippen LogP contribution in [0, 0.1) is 13.8 Å². The van der Waals surface area contributed by atoms with E-state index in [0.29, 0.717) is 19.4 Å². The summed E-state index contributed by atoms with van der Waals surface area (Å²) in [7, 11) is 0. The molecule has 0 spiro atoms. The molecule has 0 bridgehead atoms. The first-order chi connectivity index (χ1) is 17.2. The molecule has 194 valence electrons. The smallest absolute Gasteiger partial charge is 0.124 e. The van der Waals surface area contributed by atoms with Crippen LogP contribution in [0.4, 0.5) is 0 Å². The Labute approximate surface area is 218 Å². The number of aryl methyl sites for hydroxylation is 2. The highest BCUT2D eigenvalue weighted by Crippen LogP contribution is 2.42. The molecule has 1 atom stereocenters. The Balaban J connectivity index is 1.87. The molecule has 1 N–H and O–H groups in total. The predicted octanol–water partition coefficient (Wildman–Crippen LogP) is 8.31. The second kappa shape index (κ2) is 12.0. The third-order valence-corrected chi connectivity index (χ3v) is 8.18. The predicted molar refractivity (Wildman–Crippen MR) is 150 cm³/mol. The van der Waals surface area contributed by atoms with Gasteiger partial charge >= 0.3 is 0 Å². The van der Waals surface area contributed by atoms with Crippen LogP contribution >= 0.6 is 0 Å². The highest BCUT2D eigenvalue weighted by molar-refractivity contribution is 5.48. The lowest BCUT2D eigenvalue weighted by atomic mass is 9.70. The van der Waals surface area contributed by atoms with Crippen molar-refractivity contribution in [1.82, 2.24) is 0 Å². The molecule has 0 heterocycles. The fraction of sp³-hybridized carbons (Fsp3) is 0.455. The molecule has 3 heteroatoms. The van der Waals surface area contributed by atoms with Gasteiger partial charge in [-0.05, 0) is 86.4 Å². The first kappa shape index (κ1) is 27.8. The van der Waals surface area contributed by atoms with E-state index in [-0.39, 0.29) is 11.5 Å². The molecule has 0 amide bonds. The Morgan fingerprint density at radius 3 is 1.72 bits per heavy atom. The minimum Gasteiger partial charge on any atom is -0.489 e. The molecule has 0 saturated carbocycles. The van der Waals surface area contributed by atoms with Crippen LogP contribution in [0.25, 0.3) is 0 Å². The fourth-order valence-corrected chi connectivity index (χ4v) is 5.28. The zero-order chi connectivity index (χ0) is 26.3. The second-order valence-electron chi connectivity index (χ2n) is 10.1. The van der Waals surface area contributed by atoms with Gasteiger partial charge in [0.2, 0.25) is 0 Å². The van der Waals surface area contributed by atoms with Gasteiger partial charge in [-0.15, -0.1) is 0 Å². The third-order valence-electron chi connectivity index (χ3n) is 8.18. The molecule has 0 radical (unpaired) electrons. The molecule has 1 unspecified atom stereocenters. The SMILES string of the molecule is CCC(CC)(c1ccc(OCc2ccccc2)c(C)c1)c1ccc(OC(C)C(O)(CC)CC)c(C)c1. The van der Waals surface area contributed by atoms with Crippen molar-refractivity contribution < 1.29 is 14.6 Å². The van der Waals surface area contributed by atoms with Gasteiger partial charge in [-0.3, -0.25) is 0 Å². The van der Waals surface area contributed by atoms with Gasteiger partial charge in [-0.2, -0.15) is 0 Å². The topological polar surface area (TPSA) is 38.7 Å². The Bertz CT molecular complexity index is 1110. The monoisotopic (exact) mass is 488 g/mol. The minimum absolute atomic E-state index is 0.0921. The Morgan fingerprint density at radius 2 is 1.25 bits per heavy atom. The van der Waals surface area contributed by atoms with Crippen LogP contribution < -0.4 is 9.47 Å². The van der Waals surface area contributed by atoms with E-state index >= 15 is 0 Å².